The molecular weight excluding hydrogens is 281 g/mol. The molecule has 0 aromatic carbocycles. The molecule has 0 aliphatic rings. The number of carbonyl (C=O) groups is 2. The van der Waals surface area contributed by atoms with Crippen LogP contribution < -0.4 is 10.6 Å². The van der Waals surface area contributed by atoms with E-state index in [1.807, 2.05) is 0 Å². The van der Waals surface area contributed by atoms with Gasteiger partial charge in [0.05, 0.1) is 18.6 Å². The van der Waals surface area contributed by atoms with E-state index in [-0.39, 0.29) is 13.0 Å². The third-order valence-electron chi connectivity index (χ3n) is 2.29. The Morgan fingerprint density at radius 1 is 1.30 bits per heavy atom. The van der Waals surface area contributed by atoms with Crippen molar-refractivity contribution in [3.8, 4) is 0 Å². The van der Waals surface area contributed by atoms with Crippen molar-refractivity contribution in [2.24, 2.45) is 0 Å². The highest BCUT2D eigenvalue weighted by Crippen LogP contribution is 2.15. The zero-order chi connectivity index (χ0) is 15.2. The van der Waals surface area contributed by atoms with Crippen LogP contribution in [0.15, 0.2) is 23.0 Å². The van der Waals surface area contributed by atoms with E-state index >= 15 is 0 Å². The van der Waals surface area contributed by atoms with Gasteiger partial charge < -0.3 is 20.2 Å². The molecule has 0 aliphatic heterocycles. The molecule has 1 aromatic heterocycles. The van der Waals surface area contributed by atoms with E-state index in [1.165, 1.54) is 23.9 Å². The molecule has 9 heteroatoms. The lowest BCUT2D eigenvalue weighted by molar-refractivity contribution is -0.146. The molecule has 20 heavy (non-hydrogen) atoms. The molecule has 1 atom stereocenters. The topological polar surface area (TPSA) is 91.6 Å². The highest BCUT2D eigenvalue weighted by atomic mass is 19.4. The average molecular weight is 294 g/mol. The summed E-state index contributed by atoms with van der Waals surface area (Å²) in [6.07, 6.45) is -2.69. The maximum atomic E-state index is 11.8. The monoisotopic (exact) mass is 294 g/mol. The van der Waals surface area contributed by atoms with Crippen molar-refractivity contribution >= 4 is 11.8 Å². The fraction of sp³-hybridized carbons (Fsp3) is 0.455. The summed E-state index contributed by atoms with van der Waals surface area (Å²) < 4.78 is 40.2. The van der Waals surface area contributed by atoms with Gasteiger partial charge in [0.15, 0.2) is 0 Å². The summed E-state index contributed by atoms with van der Waals surface area (Å²) in [5, 5.41) is 13.1. The van der Waals surface area contributed by atoms with E-state index < -0.39 is 30.6 Å². The van der Waals surface area contributed by atoms with Crippen LogP contribution in [-0.4, -0.2) is 36.2 Å². The summed E-state index contributed by atoms with van der Waals surface area (Å²) in [4.78, 5) is 22.1. The fourth-order valence-electron chi connectivity index (χ4n) is 1.29. The van der Waals surface area contributed by atoms with Crippen LogP contribution in [0.25, 0.3) is 0 Å². The third kappa shape index (κ3) is 5.74. The van der Waals surface area contributed by atoms with Crippen molar-refractivity contribution in [1.29, 1.82) is 0 Å². The second kappa shape index (κ2) is 6.94. The van der Waals surface area contributed by atoms with Gasteiger partial charge in [-0.1, -0.05) is 0 Å². The van der Waals surface area contributed by atoms with Crippen LogP contribution in [0.4, 0.5) is 13.2 Å². The Bertz CT molecular complexity index is 445. The number of hydrogen-bond acceptors (Lipinski definition) is 4. The van der Waals surface area contributed by atoms with Crippen LogP contribution in [-0.2, 0) is 9.59 Å². The Hall–Kier alpha value is -2.03. The highest BCUT2D eigenvalue weighted by molar-refractivity contribution is 6.35. The summed E-state index contributed by atoms with van der Waals surface area (Å²) in [5.74, 6) is -2.56. The molecule has 0 fully saturated rings. The van der Waals surface area contributed by atoms with Crippen molar-refractivity contribution in [2.75, 3.05) is 13.1 Å². The molecule has 0 unspecified atom stereocenters. The summed E-state index contributed by atoms with van der Waals surface area (Å²) in [5.41, 5.74) is 0.501. The number of nitrogens with one attached hydrogen (secondary N) is 2. The van der Waals surface area contributed by atoms with E-state index in [4.69, 9.17) is 4.42 Å². The predicted molar refractivity (Wildman–Crippen MR) is 60.4 cm³/mol. The van der Waals surface area contributed by atoms with Gasteiger partial charge in [0, 0.05) is 12.1 Å². The zero-order valence-corrected chi connectivity index (χ0v) is 10.2. The molecule has 112 valence electrons. The van der Waals surface area contributed by atoms with Crippen molar-refractivity contribution in [3.63, 3.8) is 0 Å². The molecule has 0 aliphatic carbocycles. The second-order valence-corrected chi connectivity index (χ2v) is 3.91. The molecule has 3 N–H and O–H groups in total. The van der Waals surface area contributed by atoms with Crippen LogP contribution in [0, 0.1) is 0 Å². The molecule has 0 radical (unpaired) electrons. The number of carbonyl (C=O) groups excluding carboxylic acids is 2. The van der Waals surface area contributed by atoms with Gasteiger partial charge in [-0.3, -0.25) is 9.59 Å². The second-order valence-electron chi connectivity index (χ2n) is 3.91. The van der Waals surface area contributed by atoms with Crippen molar-refractivity contribution < 1.29 is 32.3 Å². The Kier molecular flexibility index (Phi) is 5.56. The maximum Gasteiger partial charge on any atom is 0.405 e. The molecular formula is C11H13F3N2O4. The van der Waals surface area contributed by atoms with Crippen molar-refractivity contribution in [3.05, 3.63) is 24.2 Å². The molecule has 2 amide bonds. The first-order chi connectivity index (χ1) is 9.29. The van der Waals surface area contributed by atoms with Crippen molar-refractivity contribution in [1.82, 2.24) is 10.6 Å². The number of alkyl halides is 3. The number of aliphatic hydroxyl groups excluding tert-OH is 1. The number of rotatable bonds is 5. The molecule has 0 saturated carbocycles. The Morgan fingerprint density at radius 2 is 1.95 bits per heavy atom. The number of halogens is 3. The zero-order valence-electron chi connectivity index (χ0n) is 10.2. The molecule has 1 rings (SSSR count). The van der Waals surface area contributed by atoms with Crippen LogP contribution in [0.1, 0.15) is 18.1 Å². The van der Waals surface area contributed by atoms with Crippen LogP contribution >= 0.6 is 0 Å². The number of aliphatic hydroxyl groups is 1. The van der Waals surface area contributed by atoms with Gasteiger partial charge in [-0.15, -0.1) is 0 Å². The standard InChI is InChI=1S/C11H13F3N2O4/c12-11(13,14)6-16-10(19)9(18)15-3-1-8(17)7-2-4-20-5-7/h2,4-5,8,17H,1,3,6H2,(H,15,18)(H,16,19)/t8-/m1/s1. The van der Waals surface area contributed by atoms with Gasteiger partial charge in [-0.2, -0.15) is 13.2 Å². The lowest BCUT2D eigenvalue weighted by atomic mass is 10.1. The fourth-order valence-corrected chi connectivity index (χ4v) is 1.29. The minimum Gasteiger partial charge on any atom is -0.472 e. The Labute approximate surface area is 111 Å². The molecule has 0 saturated heterocycles. The molecule has 1 aromatic rings. The molecule has 1 heterocycles. The van der Waals surface area contributed by atoms with E-state index in [1.54, 1.807) is 0 Å². The highest BCUT2D eigenvalue weighted by Gasteiger charge is 2.29. The van der Waals surface area contributed by atoms with Crippen LogP contribution in [0.2, 0.25) is 0 Å². The van der Waals surface area contributed by atoms with Gasteiger partial charge in [-0.25, -0.2) is 0 Å². The Morgan fingerprint density at radius 3 is 2.50 bits per heavy atom. The quantitative estimate of drug-likeness (QED) is 0.690. The minimum atomic E-state index is -4.58. The predicted octanol–water partition coefficient (Wildman–Crippen LogP) is 0.498. The van der Waals surface area contributed by atoms with Gasteiger partial charge in [0.2, 0.25) is 0 Å². The lowest BCUT2D eigenvalue weighted by Gasteiger charge is -2.10. The van der Waals surface area contributed by atoms with Crippen molar-refractivity contribution in [2.45, 2.75) is 18.7 Å². The first kappa shape index (κ1) is 16.0. The molecule has 6 nitrogen and oxygen atoms in total. The van der Waals surface area contributed by atoms with E-state index in [0.29, 0.717) is 5.56 Å². The number of hydrogen-bond donors (Lipinski definition) is 3. The minimum absolute atomic E-state index is 0.0649. The SMILES string of the molecule is O=C(NCC[C@@H](O)c1ccoc1)C(=O)NCC(F)(F)F. The van der Waals surface area contributed by atoms with Gasteiger partial charge in [0.1, 0.15) is 6.54 Å². The maximum absolute atomic E-state index is 11.8. The average Bonchev–Trinajstić information content (AvgIpc) is 2.88. The van der Waals surface area contributed by atoms with Crippen LogP contribution in [0.5, 0.6) is 0 Å². The molecule has 0 bridgehead atoms. The third-order valence-corrected chi connectivity index (χ3v) is 2.29. The normalized spacial score (nSPS) is 12.8. The Balaban J connectivity index is 2.24. The van der Waals surface area contributed by atoms with E-state index in [9.17, 15) is 27.9 Å². The van der Waals surface area contributed by atoms with E-state index in [2.05, 4.69) is 5.32 Å². The van der Waals surface area contributed by atoms with Gasteiger partial charge in [0.25, 0.3) is 0 Å². The number of furan rings is 1. The summed E-state index contributed by atoms with van der Waals surface area (Å²) in [6, 6.07) is 1.53. The van der Waals surface area contributed by atoms with Gasteiger partial charge in [-0.05, 0) is 12.5 Å². The first-order valence-electron chi connectivity index (χ1n) is 5.62. The van der Waals surface area contributed by atoms with E-state index in [0.717, 1.165) is 0 Å². The number of amides is 2. The molecule has 0 spiro atoms. The van der Waals surface area contributed by atoms with Gasteiger partial charge >= 0.3 is 18.0 Å². The lowest BCUT2D eigenvalue weighted by Crippen LogP contribution is -2.43. The largest absolute Gasteiger partial charge is 0.472 e. The summed E-state index contributed by atoms with van der Waals surface area (Å²) in [6.45, 7) is -1.64. The summed E-state index contributed by atoms with van der Waals surface area (Å²) in [7, 11) is 0. The smallest absolute Gasteiger partial charge is 0.405 e. The van der Waals surface area contributed by atoms with Crippen LogP contribution in [0.3, 0.4) is 0 Å². The first-order valence-corrected chi connectivity index (χ1v) is 5.62. The summed E-state index contributed by atoms with van der Waals surface area (Å²) >= 11 is 0.